The van der Waals surface area contributed by atoms with Crippen LogP contribution in [-0.4, -0.2) is 24.3 Å². The molecule has 0 fully saturated rings. The molecule has 0 heterocycles. The Morgan fingerprint density at radius 1 is 1.71 bits per heavy atom. The first-order chi connectivity index (χ1) is 6.59. The molecule has 0 radical (unpaired) electrons. The van der Waals surface area contributed by atoms with Gasteiger partial charge in [0.05, 0.1) is 12.7 Å². The van der Waals surface area contributed by atoms with Gasteiger partial charge in [-0.3, -0.25) is 0 Å². The summed E-state index contributed by atoms with van der Waals surface area (Å²) in [5.74, 6) is -0.395. The van der Waals surface area contributed by atoms with Gasteiger partial charge < -0.3 is 9.84 Å². The predicted octanol–water partition coefficient (Wildman–Crippen LogP) is 1.18. The second-order valence-electron chi connectivity index (χ2n) is 2.33. The molecule has 0 amide bonds. The largest absolute Gasteiger partial charge is 0.462 e. The average molecular weight is 197 g/mol. The summed E-state index contributed by atoms with van der Waals surface area (Å²) in [4.78, 5) is 10.6. The first-order valence-electron chi connectivity index (χ1n) is 4.04. The van der Waals surface area contributed by atoms with Crippen LogP contribution in [0.3, 0.4) is 0 Å². The lowest BCUT2D eigenvalue weighted by molar-refractivity contribution is -0.139. The maximum atomic E-state index is 10.6. The van der Waals surface area contributed by atoms with Crippen LogP contribution in [0.5, 0.6) is 0 Å². The zero-order valence-electron chi connectivity index (χ0n) is 8.32. The molecule has 14 heavy (non-hydrogen) atoms. The van der Waals surface area contributed by atoms with Crippen LogP contribution in [0.4, 0.5) is 0 Å². The Bertz CT molecular complexity index is 228. The third kappa shape index (κ3) is 13.0. The summed E-state index contributed by atoms with van der Waals surface area (Å²) in [6, 6.07) is 1.69. The number of carbonyl (C=O) groups excluding carboxylic acids is 1. The zero-order chi connectivity index (χ0) is 11.4. The number of hydrogen-bond acceptors (Lipinski definition) is 4. The maximum absolute atomic E-state index is 10.6. The van der Waals surface area contributed by atoms with Crippen LogP contribution < -0.4 is 0 Å². The van der Waals surface area contributed by atoms with Crippen LogP contribution in [0.15, 0.2) is 24.8 Å². The van der Waals surface area contributed by atoms with Crippen LogP contribution in [0, 0.1) is 11.3 Å². The van der Waals surface area contributed by atoms with E-state index in [1.165, 1.54) is 6.08 Å². The molecule has 4 heteroatoms. The molecule has 0 saturated carbocycles. The highest BCUT2D eigenvalue weighted by molar-refractivity contribution is 5.86. The van der Waals surface area contributed by atoms with Gasteiger partial charge in [-0.05, 0) is 6.92 Å². The number of allylic oxidation sites excluding steroid dienone is 1. The van der Waals surface area contributed by atoms with E-state index in [9.17, 15) is 4.79 Å². The molecule has 4 nitrogen and oxygen atoms in total. The Morgan fingerprint density at radius 2 is 2.21 bits per heavy atom. The molecule has 0 bridgehead atoms. The summed E-state index contributed by atoms with van der Waals surface area (Å²) >= 11 is 0. The molecule has 0 aliphatic rings. The van der Waals surface area contributed by atoms with Crippen molar-refractivity contribution in [3.63, 3.8) is 0 Å². The summed E-state index contributed by atoms with van der Waals surface area (Å²) < 4.78 is 4.65. The van der Waals surface area contributed by atoms with Crippen molar-refractivity contribution >= 4 is 5.97 Å². The minimum absolute atomic E-state index is 0.0451. The van der Waals surface area contributed by atoms with Gasteiger partial charge in [0.15, 0.2) is 0 Å². The summed E-state index contributed by atoms with van der Waals surface area (Å²) in [5.41, 5.74) is 0.387. The molecule has 0 saturated heterocycles. The molecule has 0 aromatic rings. The van der Waals surface area contributed by atoms with Crippen LogP contribution in [0.1, 0.15) is 13.3 Å². The van der Waals surface area contributed by atoms with E-state index < -0.39 is 5.97 Å². The lowest BCUT2D eigenvalue weighted by Crippen LogP contribution is -2.06. The molecular weight excluding hydrogens is 182 g/mol. The molecule has 0 aromatic carbocycles. The molecule has 0 aromatic heterocycles. The standard InChI is InChI=1S/C7H12O3.C3H3N/c1-6(2)7(9)10-5-3-4-8;1-2-3-4/h8H,1,3-5H2,2H3;2H,1H2. The molecule has 0 unspecified atom stereocenters. The second-order valence-corrected chi connectivity index (χ2v) is 2.33. The van der Waals surface area contributed by atoms with Crippen molar-refractivity contribution in [3.05, 3.63) is 24.8 Å². The number of nitriles is 1. The molecule has 0 atom stereocenters. The maximum Gasteiger partial charge on any atom is 0.333 e. The fourth-order valence-corrected chi connectivity index (χ4v) is 0.353. The van der Waals surface area contributed by atoms with Gasteiger partial charge in [-0.2, -0.15) is 5.26 Å². The van der Waals surface area contributed by atoms with Crippen LogP contribution in [-0.2, 0) is 9.53 Å². The number of nitrogens with zero attached hydrogens (tertiary/aromatic N) is 1. The van der Waals surface area contributed by atoms with Crippen LogP contribution >= 0.6 is 0 Å². The topological polar surface area (TPSA) is 70.3 Å². The predicted molar refractivity (Wildman–Crippen MR) is 53.3 cm³/mol. The molecule has 0 rings (SSSR count). The Hall–Kier alpha value is -1.60. The number of rotatable bonds is 4. The average Bonchev–Trinajstić information content (AvgIpc) is 2.18. The third-order valence-corrected chi connectivity index (χ3v) is 0.975. The fraction of sp³-hybridized carbons (Fsp3) is 0.400. The first kappa shape index (κ1) is 14.9. The van der Waals surface area contributed by atoms with Gasteiger partial charge in [-0.25, -0.2) is 4.79 Å². The lowest BCUT2D eigenvalue weighted by Gasteiger charge is -2.00. The smallest absolute Gasteiger partial charge is 0.333 e. The van der Waals surface area contributed by atoms with E-state index in [2.05, 4.69) is 17.9 Å². The summed E-state index contributed by atoms with van der Waals surface area (Å²) in [7, 11) is 0. The van der Waals surface area contributed by atoms with Gasteiger partial charge in [0.1, 0.15) is 0 Å². The van der Waals surface area contributed by atoms with E-state index in [1.54, 1.807) is 13.0 Å². The van der Waals surface area contributed by atoms with Crippen LogP contribution in [0.25, 0.3) is 0 Å². The summed E-state index contributed by atoms with van der Waals surface area (Å²) in [5, 5.41) is 15.8. The number of aliphatic hydroxyl groups excluding tert-OH is 1. The van der Waals surface area contributed by atoms with Crippen molar-refractivity contribution in [2.45, 2.75) is 13.3 Å². The van der Waals surface area contributed by atoms with Crippen molar-refractivity contribution in [2.75, 3.05) is 13.2 Å². The van der Waals surface area contributed by atoms with Crippen molar-refractivity contribution in [1.29, 1.82) is 5.26 Å². The highest BCUT2D eigenvalue weighted by atomic mass is 16.5. The highest BCUT2D eigenvalue weighted by Gasteiger charge is 2.00. The monoisotopic (exact) mass is 197 g/mol. The van der Waals surface area contributed by atoms with Gasteiger partial charge in [-0.1, -0.05) is 13.2 Å². The number of hydrogen-bond donors (Lipinski definition) is 1. The lowest BCUT2D eigenvalue weighted by atomic mass is 10.4. The fourth-order valence-electron chi connectivity index (χ4n) is 0.353. The summed E-state index contributed by atoms with van der Waals surface area (Å²) in [6.07, 6.45) is 1.67. The third-order valence-electron chi connectivity index (χ3n) is 0.975. The SMILES string of the molecule is C=C(C)C(=O)OCCCO.C=CC#N. The quantitative estimate of drug-likeness (QED) is 0.318. The van der Waals surface area contributed by atoms with Gasteiger partial charge in [0, 0.05) is 24.7 Å². The van der Waals surface area contributed by atoms with E-state index in [1.807, 2.05) is 0 Å². The Labute approximate surface area is 84.1 Å². The molecule has 0 spiro atoms. The second kappa shape index (κ2) is 11.4. The van der Waals surface area contributed by atoms with Crippen molar-refractivity contribution < 1.29 is 14.6 Å². The molecular formula is C10H15NO3. The zero-order valence-corrected chi connectivity index (χ0v) is 8.32. The summed E-state index contributed by atoms with van der Waals surface area (Å²) in [6.45, 7) is 8.41. The van der Waals surface area contributed by atoms with Gasteiger partial charge in [0.25, 0.3) is 0 Å². The van der Waals surface area contributed by atoms with Gasteiger partial charge >= 0.3 is 5.97 Å². The minimum Gasteiger partial charge on any atom is -0.462 e. The minimum atomic E-state index is -0.395. The van der Waals surface area contributed by atoms with Crippen molar-refractivity contribution in [1.82, 2.24) is 0 Å². The first-order valence-corrected chi connectivity index (χ1v) is 4.04. The van der Waals surface area contributed by atoms with Crippen LogP contribution in [0.2, 0.25) is 0 Å². The number of esters is 1. The van der Waals surface area contributed by atoms with E-state index in [0.717, 1.165) is 0 Å². The molecule has 0 aliphatic carbocycles. The van der Waals surface area contributed by atoms with E-state index in [4.69, 9.17) is 10.4 Å². The number of carbonyl (C=O) groups is 1. The Morgan fingerprint density at radius 3 is 2.50 bits per heavy atom. The van der Waals surface area contributed by atoms with Gasteiger partial charge in [0.2, 0.25) is 0 Å². The molecule has 0 aliphatic heterocycles. The molecule has 1 N–H and O–H groups in total. The van der Waals surface area contributed by atoms with E-state index in [0.29, 0.717) is 12.0 Å². The molecule has 78 valence electrons. The Kier molecular flexibility index (Phi) is 12.1. The Balaban J connectivity index is 0. The van der Waals surface area contributed by atoms with Gasteiger partial charge in [-0.15, -0.1) is 0 Å². The van der Waals surface area contributed by atoms with Crippen molar-refractivity contribution in [2.24, 2.45) is 0 Å². The highest BCUT2D eigenvalue weighted by Crippen LogP contribution is 1.92. The van der Waals surface area contributed by atoms with E-state index in [-0.39, 0.29) is 13.2 Å². The normalized spacial score (nSPS) is 7.50. The van der Waals surface area contributed by atoms with Crippen molar-refractivity contribution in [3.8, 4) is 6.07 Å². The number of ether oxygens (including phenoxy) is 1. The number of aliphatic hydroxyl groups is 1. The van der Waals surface area contributed by atoms with E-state index >= 15 is 0 Å².